The molecule has 0 radical (unpaired) electrons. The number of amides is 1. The number of H-pyrrole nitrogens is 1. The van der Waals surface area contributed by atoms with Gasteiger partial charge in [0, 0.05) is 30.4 Å². The standard InChI is InChI=1S/C23H23F3N8O2/c1-14-12-17(32-31-14)27-22-30-21(23(25,26)15-2-4-16(24)5-3-15)29-19-7-6-18(34(19)22)28-20(35)13-33-8-10-36-11-9-33/h2-7,12H,8-11,13H2,1H3,(H,28,35)(H2,27,29,30,31,32). The van der Waals surface area contributed by atoms with Gasteiger partial charge in [0.15, 0.2) is 5.82 Å². The molecule has 4 aromatic rings. The quantitative estimate of drug-likeness (QED) is 0.358. The molecule has 0 aliphatic carbocycles. The van der Waals surface area contributed by atoms with Gasteiger partial charge in [0.25, 0.3) is 0 Å². The number of rotatable bonds is 7. The lowest BCUT2D eigenvalue weighted by Gasteiger charge is -2.25. The van der Waals surface area contributed by atoms with Crippen LogP contribution < -0.4 is 10.6 Å². The fraction of sp³-hybridized carbons (Fsp3) is 0.304. The number of fused-ring (bicyclic) bond motifs is 1. The smallest absolute Gasteiger partial charge is 0.331 e. The molecule has 1 saturated heterocycles. The molecular weight excluding hydrogens is 477 g/mol. The Morgan fingerprint density at radius 2 is 1.89 bits per heavy atom. The number of halogens is 3. The Labute approximate surface area is 203 Å². The van der Waals surface area contributed by atoms with Crippen LogP contribution in [-0.4, -0.2) is 68.2 Å². The molecule has 0 bridgehead atoms. The van der Waals surface area contributed by atoms with E-state index in [1.54, 1.807) is 19.1 Å². The lowest BCUT2D eigenvalue weighted by atomic mass is 10.1. The minimum Gasteiger partial charge on any atom is -0.379 e. The maximum Gasteiger partial charge on any atom is 0.331 e. The zero-order valence-electron chi connectivity index (χ0n) is 19.3. The third-order valence-corrected chi connectivity index (χ3v) is 5.68. The van der Waals surface area contributed by atoms with Crippen molar-refractivity contribution in [1.29, 1.82) is 0 Å². The number of alkyl halides is 2. The fourth-order valence-electron chi connectivity index (χ4n) is 3.87. The van der Waals surface area contributed by atoms with Crippen LogP contribution in [0.15, 0.2) is 42.5 Å². The second-order valence-corrected chi connectivity index (χ2v) is 8.36. The van der Waals surface area contributed by atoms with Crippen molar-refractivity contribution in [3.63, 3.8) is 0 Å². The van der Waals surface area contributed by atoms with Crippen LogP contribution >= 0.6 is 0 Å². The Balaban J connectivity index is 1.51. The van der Waals surface area contributed by atoms with Crippen molar-refractivity contribution in [3.05, 3.63) is 65.4 Å². The minimum absolute atomic E-state index is 0.0324. The first-order valence-electron chi connectivity index (χ1n) is 11.2. The molecule has 4 heterocycles. The van der Waals surface area contributed by atoms with E-state index in [0.29, 0.717) is 37.9 Å². The number of ether oxygens (including phenoxy) is 1. The number of aryl methyl sites for hydroxylation is 1. The molecule has 3 N–H and O–H groups in total. The summed E-state index contributed by atoms with van der Waals surface area (Å²) in [6, 6.07) is 8.61. The van der Waals surface area contributed by atoms with Gasteiger partial charge < -0.3 is 15.4 Å². The number of benzene rings is 1. The van der Waals surface area contributed by atoms with Crippen LogP contribution in [-0.2, 0) is 15.5 Å². The number of carbonyl (C=O) groups excluding carboxylic acids is 1. The molecule has 1 fully saturated rings. The average Bonchev–Trinajstić information content (AvgIpc) is 3.45. The zero-order chi connectivity index (χ0) is 25.3. The average molecular weight is 500 g/mol. The fourth-order valence-corrected chi connectivity index (χ4v) is 3.87. The Morgan fingerprint density at radius 3 is 2.58 bits per heavy atom. The third-order valence-electron chi connectivity index (χ3n) is 5.68. The van der Waals surface area contributed by atoms with Gasteiger partial charge in [0.2, 0.25) is 17.7 Å². The summed E-state index contributed by atoms with van der Waals surface area (Å²) in [4.78, 5) is 22.8. The van der Waals surface area contributed by atoms with E-state index in [0.717, 1.165) is 30.0 Å². The van der Waals surface area contributed by atoms with Gasteiger partial charge in [-0.2, -0.15) is 18.9 Å². The Bertz CT molecular complexity index is 1380. The largest absolute Gasteiger partial charge is 0.379 e. The number of nitrogens with zero attached hydrogens (tertiary/aromatic N) is 5. The molecule has 188 valence electrons. The number of carbonyl (C=O) groups is 1. The molecular formula is C23H23F3N8O2. The maximum atomic E-state index is 15.4. The van der Waals surface area contributed by atoms with Crippen LogP contribution in [0.25, 0.3) is 5.65 Å². The molecule has 1 aliphatic heterocycles. The summed E-state index contributed by atoms with van der Waals surface area (Å²) >= 11 is 0. The van der Waals surface area contributed by atoms with Gasteiger partial charge in [0.1, 0.15) is 17.3 Å². The predicted octanol–water partition coefficient (Wildman–Crippen LogP) is 3.05. The van der Waals surface area contributed by atoms with Gasteiger partial charge in [-0.15, -0.1) is 0 Å². The SMILES string of the molecule is Cc1cc(Nc2nc(C(F)(F)c3ccc(F)cc3)nc3ccc(NC(=O)CN4CCOCC4)n23)n[nH]1. The van der Waals surface area contributed by atoms with Gasteiger partial charge in [-0.1, -0.05) is 0 Å². The van der Waals surface area contributed by atoms with Crippen molar-refractivity contribution in [2.24, 2.45) is 0 Å². The number of nitrogens with one attached hydrogen (secondary N) is 3. The summed E-state index contributed by atoms with van der Waals surface area (Å²) < 4.78 is 50.7. The van der Waals surface area contributed by atoms with Gasteiger partial charge in [-0.3, -0.25) is 14.8 Å². The first kappa shape index (κ1) is 23.8. The van der Waals surface area contributed by atoms with Gasteiger partial charge in [-0.05, 0) is 43.3 Å². The molecule has 0 spiro atoms. The van der Waals surface area contributed by atoms with Crippen LogP contribution in [0.1, 0.15) is 17.1 Å². The number of hydrogen-bond donors (Lipinski definition) is 3. The Kier molecular flexibility index (Phi) is 6.33. The highest BCUT2D eigenvalue weighted by atomic mass is 19.3. The molecule has 13 heteroatoms. The summed E-state index contributed by atoms with van der Waals surface area (Å²) in [5.74, 6) is -4.71. The monoisotopic (exact) mass is 500 g/mol. The molecule has 1 aliphatic rings. The molecule has 1 amide bonds. The molecule has 10 nitrogen and oxygen atoms in total. The van der Waals surface area contributed by atoms with E-state index in [1.165, 1.54) is 10.5 Å². The van der Waals surface area contributed by atoms with E-state index in [4.69, 9.17) is 4.74 Å². The van der Waals surface area contributed by atoms with Gasteiger partial charge in [-0.25, -0.2) is 13.8 Å². The molecule has 0 unspecified atom stereocenters. The normalized spacial score (nSPS) is 14.8. The summed E-state index contributed by atoms with van der Waals surface area (Å²) in [7, 11) is 0. The van der Waals surface area contributed by atoms with E-state index < -0.39 is 23.1 Å². The zero-order valence-corrected chi connectivity index (χ0v) is 19.3. The van der Waals surface area contributed by atoms with E-state index in [-0.39, 0.29) is 24.0 Å². The Morgan fingerprint density at radius 1 is 1.14 bits per heavy atom. The lowest BCUT2D eigenvalue weighted by molar-refractivity contribution is -0.118. The van der Waals surface area contributed by atoms with Crippen molar-refractivity contribution < 1.29 is 22.7 Å². The first-order chi connectivity index (χ1) is 17.3. The Hall–Kier alpha value is -3.97. The van der Waals surface area contributed by atoms with Crippen molar-refractivity contribution in [1.82, 2.24) is 29.5 Å². The van der Waals surface area contributed by atoms with E-state index in [9.17, 15) is 9.18 Å². The highest BCUT2D eigenvalue weighted by Crippen LogP contribution is 2.35. The summed E-state index contributed by atoms with van der Waals surface area (Å²) in [6.45, 7) is 4.32. The van der Waals surface area contributed by atoms with E-state index in [1.807, 2.05) is 4.90 Å². The third kappa shape index (κ3) is 4.88. The molecule has 0 saturated carbocycles. The van der Waals surface area contributed by atoms with Crippen LogP contribution in [0.5, 0.6) is 0 Å². The number of morpholine rings is 1. The topological polar surface area (TPSA) is 112 Å². The number of anilines is 3. The minimum atomic E-state index is -3.61. The van der Waals surface area contributed by atoms with Crippen LogP contribution in [0.3, 0.4) is 0 Å². The molecule has 1 aromatic carbocycles. The second kappa shape index (κ2) is 9.59. The van der Waals surface area contributed by atoms with Crippen LogP contribution in [0, 0.1) is 12.7 Å². The maximum absolute atomic E-state index is 15.4. The van der Waals surface area contributed by atoms with Crippen LogP contribution in [0.2, 0.25) is 0 Å². The highest BCUT2D eigenvalue weighted by molar-refractivity contribution is 5.92. The molecule has 36 heavy (non-hydrogen) atoms. The summed E-state index contributed by atoms with van der Waals surface area (Å²) in [5.41, 5.74) is 0.407. The van der Waals surface area contributed by atoms with Crippen molar-refractivity contribution in [2.75, 3.05) is 43.5 Å². The predicted molar refractivity (Wildman–Crippen MR) is 125 cm³/mol. The van der Waals surface area contributed by atoms with Crippen molar-refractivity contribution >= 4 is 29.1 Å². The molecule has 3 aromatic heterocycles. The number of aromatic nitrogens is 5. The second-order valence-electron chi connectivity index (χ2n) is 8.36. The van der Waals surface area contributed by atoms with E-state index in [2.05, 4.69) is 30.8 Å². The van der Waals surface area contributed by atoms with Gasteiger partial charge >= 0.3 is 5.92 Å². The highest BCUT2D eigenvalue weighted by Gasteiger charge is 2.38. The summed E-state index contributed by atoms with van der Waals surface area (Å²) in [6.07, 6.45) is 0. The molecule has 0 atom stereocenters. The lowest BCUT2D eigenvalue weighted by Crippen LogP contribution is -2.41. The summed E-state index contributed by atoms with van der Waals surface area (Å²) in [5, 5.41) is 12.6. The number of aromatic amines is 1. The molecule has 5 rings (SSSR count). The van der Waals surface area contributed by atoms with Crippen LogP contribution in [0.4, 0.5) is 30.8 Å². The van der Waals surface area contributed by atoms with Gasteiger partial charge in [0.05, 0.1) is 19.8 Å². The number of hydrogen-bond acceptors (Lipinski definition) is 7. The van der Waals surface area contributed by atoms with E-state index >= 15 is 8.78 Å². The first-order valence-corrected chi connectivity index (χ1v) is 11.2. The van der Waals surface area contributed by atoms with Crippen molar-refractivity contribution in [2.45, 2.75) is 12.8 Å². The van der Waals surface area contributed by atoms with Crippen molar-refractivity contribution in [3.8, 4) is 0 Å².